The molecule has 0 saturated carbocycles. The van der Waals surface area contributed by atoms with Crippen LogP contribution in [0.15, 0.2) is 47.4 Å². The van der Waals surface area contributed by atoms with Gasteiger partial charge in [-0.25, -0.2) is 13.4 Å². The largest absolute Gasteiger partial charge is 0.298 e. The third-order valence-electron chi connectivity index (χ3n) is 5.12. The zero-order chi connectivity index (χ0) is 20.6. The number of piperidine rings is 1. The van der Waals surface area contributed by atoms with Crippen molar-refractivity contribution in [3.63, 3.8) is 0 Å². The van der Waals surface area contributed by atoms with Gasteiger partial charge in [0.1, 0.15) is 0 Å². The molecule has 1 unspecified atom stereocenters. The van der Waals surface area contributed by atoms with E-state index in [1.54, 1.807) is 18.2 Å². The highest BCUT2D eigenvalue weighted by molar-refractivity contribution is 7.89. The highest BCUT2D eigenvalue weighted by Gasteiger charge is 2.29. The molecular weight excluding hydrogens is 406 g/mol. The second-order valence-corrected chi connectivity index (χ2v) is 10.6. The molecule has 2 heterocycles. The van der Waals surface area contributed by atoms with Crippen molar-refractivity contribution in [3.8, 4) is 0 Å². The fourth-order valence-corrected chi connectivity index (χ4v) is 6.17. The summed E-state index contributed by atoms with van der Waals surface area (Å²) in [6.07, 6.45) is 1.90. The molecule has 1 atom stereocenters. The van der Waals surface area contributed by atoms with Crippen molar-refractivity contribution in [2.75, 3.05) is 18.4 Å². The number of benzene rings is 2. The molecule has 3 aromatic rings. The van der Waals surface area contributed by atoms with Gasteiger partial charge < -0.3 is 0 Å². The van der Waals surface area contributed by atoms with Crippen LogP contribution >= 0.6 is 11.3 Å². The van der Waals surface area contributed by atoms with Gasteiger partial charge in [0.2, 0.25) is 10.0 Å². The van der Waals surface area contributed by atoms with E-state index in [1.807, 2.05) is 25.1 Å². The molecule has 1 aliphatic heterocycles. The Morgan fingerprint density at radius 1 is 1.24 bits per heavy atom. The van der Waals surface area contributed by atoms with Gasteiger partial charge in [-0.3, -0.25) is 10.1 Å². The summed E-state index contributed by atoms with van der Waals surface area (Å²) in [6, 6.07) is 12.1. The minimum atomic E-state index is -3.61. The lowest BCUT2D eigenvalue weighted by Gasteiger charge is -2.30. The SMILES string of the molecule is Cc1ccc2nc(NC(=O)c3cccc(S(=O)(=O)N4CCCC(C)C4)c3)sc2c1. The Morgan fingerprint density at radius 2 is 2.07 bits per heavy atom. The first-order chi connectivity index (χ1) is 13.8. The van der Waals surface area contributed by atoms with Gasteiger partial charge in [0.05, 0.1) is 15.1 Å². The van der Waals surface area contributed by atoms with Gasteiger partial charge >= 0.3 is 0 Å². The predicted molar refractivity (Wildman–Crippen MR) is 116 cm³/mol. The number of rotatable bonds is 4. The Hall–Kier alpha value is -2.29. The van der Waals surface area contributed by atoms with Gasteiger partial charge in [-0.1, -0.05) is 30.4 Å². The quantitative estimate of drug-likeness (QED) is 0.671. The van der Waals surface area contributed by atoms with E-state index in [2.05, 4.69) is 17.2 Å². The van der Waals surface area contributed by atoms with Crippen molar-refractivity contribution >= 4 is 42.6 Å². The van der Waals surface area contributed by atoms with Crippen molar-refractivity contribution in [2.45, 2.75) is 31.6 Å². The minimum Gasteiger partial charge on any atom is -0.298 e. The first kappa shape index (κ1) is 20.0. The molecule has 4 rings (SSSR count). The van der Waals surface area contributed by atoms with E-state index in [4.69, 9.17) is 0 Å². The molecule has 1 fully saturated rings. The van der Waals surface area contributed by atoms with Crippen LogP contribution in [0.1, 0.15) is 35.7 Å². The summed E-state index contributed by atoms with van der Waals surface area (Å²) in [4.78, 5) is 17.3. The Kier molecular flexibility index (Phi) is 5.42. The maximum atomic E-state index is 13.0. The van der Waals surface area contributed by atoms with Gasteiger partial charge in [0.25, 0.3) is 5.91 Å². The third kappa shape index (κ3) is 4.19. The van der Waals surface area contributed by atoms with Gasteiger partial charge in [0, 0.05) is 18.7 Å². The molecule has 1 aromatic heterocycles. The van der Waals surface area contributed by atoms with Crippen LogP contribution in [-0.2, 0) is 10.0 Å². The number of anilines is 1. The fourth-order valence-electron chi connectivity index (χ4n) is 3.57. The van der Waals surface area contributed by atoms with Crippen LogP contribution in [0.4, 0.5) is 5.13 Å². The minimum absolute atomic E-state index is 0.152. The van der Waals surface area contributed by atoms with Gasteiger partial charge in [0.15, 0.2) is 5.13 Å². The summed E-state index contributed by atoms with van der Waals surface area (Å²) < 4.78 is 28.5. The molecule has 1 amide bonds. The highest BCUT2D eigenvalue weighted by Crippen LogP contribution is 2.28. The zero-order valence-corrected chi connectivity index (χ0v) is 18.0. The molecule has 152 valence electrons. The molecular formula is C21H23N3O3S2. The lowest BCUT2D eigenvalue weighted by Crippen LogP contribution is -2.39. The van der Waals surface area contributed by atoms with Crippen molar-refractivity contribution < 1.29 is 13.2 Å². The monoisotopic (exact) mass is 429 g/mol. The Labute approximate surface area is 174 Å². The Bertz CT molecular complexity index is 1170. The number of sulfonamides is 1. The summed E-state index contributed by atoms with van der Waals surface area (Å²) in [7, 11) is -3.61. The van der Waals surface area contributed by atoms with Crippen molar-refractivity contribution in [1.29, 1.82) is 0 Å². The number of aryl methyl sites for hydroxylation is 1. The van der Waals surface area contributed by atoms with Crippen molar-refractivity contribution in [3.05, 3.63) is 53.6 Å². The van der Waals surface area contributed by atoms with Crippen LogP contribution in [-0.4, -0.2) is 36.7 Å². The second-order valence-electron chi connectivity index (χ2n) is 7.58. The normalized spacial score (nSPS) is 18.1. The number of nitrogens with one attached hydrogen (secondary N) is 1. The van der Waals surface area contributed by atoms with Crippen LogP contribution in [0.2, 0.25) is 0 Å². The smallest absolute Gasteiger partial charge is 0.257 e. The number of fused-ring (bicyclic) bond motifs is 1. The average Bonchev–Trinajstić information content (AvgIpc) is 3.09. The lowest BCUT2D eigenvalue weighted by molar-refractivity contribution is 0.102. The predicted octanol–water partition coefficient (Wildman–Crippen LogP) is 4.28. The van der Waals surface area contributed by atoms with E-state index in [9.17, 15) is 13.2 Å². The number of carbonyl (C=O) groups is 1. The summed E-state index contributed by atoms with van der Waals surface area (Å²) in [5.74, 6) is -0.0301. The lowest BCUT2D eigenvalue weighted by atomic mass is 10.0. The highest BCUT2D eigenvalue weighted by atomic mass is 32.2. The van der Waals surface area contributed by atoms with Crippen LogP contribution < -0.4 is 5.32 Å². The summed E-state index contributed by atoms with van der Waals surface area (Å²) in [5.41, 5.74) is 2.25. The molecule has 1 N–H and O–H groups in total. The van der Waals surface area contributed by atoms with E-state index in [0.717, 1.165) is 28.6 Å². The molecule has 0 bridgehead atoms. The molecule has 1 saturated heterocycles. The number of aromatic nitrogens is 1. The molecule has 29 heavy (non-hydrogen) atoms. The summed E-state index contributed by atoms with van der Waals surface area (Å²) >= 11 is 1.40. The molecule has 6 nitrogen and oxygen atoms in total. The number of nitrogens with zero attached hydrogens (tertiary/aromatic N) is 2. The molecule has 2 aromatic carbocycles. The second kappa shape index (κ2) is 7.85. The maximum absolute atomic E-state index is 13.0. The van der Waals surface area contributed by atoms with Crippen molar-refractivity contribution in [1.82, 2.24) is 9.29 Å². The molecule has 0 radical (unpaired) electrons. The molecule has 8 heteroatoms. The molecule has 0 spiro atoms. The van der Waals surface area contributed by atoms with Crippen molar-refractivity contribution in [2.24, 2.45) is 5.92 Å². The average molecular weight is 430 g/mol. The summed E-state index contributed by atoms with van der Waals surface area (Å²) in [6.45, 7) is 5.11. The first-order valence-electron chi connectivity index (χ1n) is 9.62. The number of hydrogen-bond acceptors (Lipinski definition) is 5. The van der Waals surface area contributed by atoms with Crippen LogP contribution in [0.3, 0.4) is 0 Å². The van der Waals surface area contributed by atoms with E-state index in [0.29, 0.717) is 29.7 Å². The number of carbonyl (C=O) groups excluding carboxylic acids is 1. The number of hydrogen-bond donors (Lipinski definition) is 1. The Balaban J connectivity index is 1.56. The maximum Gasteiger partial charge on any atom is 0.257 e. The standard InChI is InChI=1S/C21H23N3O3S2/c1-14-8-9-18-19(11-14)28-21(22-18)23-20(25)16-6-3-7-17(12-16)29(26,27)24-10-4-5-15(2)13-24/h3,6-9,11-12,15H,4-5,10,13H2,1-2H3,(H,22,23,25). The zero-order valence-electron chi connectivity index (χ0n) is 16.4. The van der Waals surface area contributed by atoms with E-state index in [-0.39, 0.29) is 10.8 Å². The van der Waals surface area contributed by atoms with Crippen LogP contribution in [0.5, 0.6) is 0 Å². The van der Waals surface area contributed by atoms with E-state index in [1.165, 1.54) is 21.7 Å². The Morgan fingerprint density at radius 3 is 2.86 bits per heavy atom. The molecule has 0 aliphatic carbocycles. The van der Waals surface area contributed by atoms with E-state index >= 15 is 0 Å². The number of thiazole rings is 1. The van der Waals surface area contributed by atoms with Gasteiger partial charge in [-0.15, -0.1) is 0 Å². The fraction of sp³-hybridized carbons (Fsp3) is 0.333. The number of amides is 1. The van der Waals surface area contributed by atoms with Crippen LogP contribution in [0.25, 0.3) is 10.2 Å². The van der Waals surface area contributed by atoms with Gasteiger partial charge in [-0.2, -0.15) is 4.31 Å². The van der Waals surface area contributed by atoms with Gasteiger partial charge in [-0.05, 0) is 61.6 Å². The third-order valence-corrected chi connectivity index (χ3v) is 7.91. The van der Waals surface area contributed by atoms with Crippen LogP contribution in [0, 0.1) is 12.8 Å². The summed E-state index contributed by atoms with van der Waals surface area (Å²) in [5, 5.41) is 3.29. The topological polar surface area (TPSA) is 79.4 Å². The first-order valence-corrected chi connectivity index (χ1v) is 11.9. The van der Waals surface area contributed by atoms with E-state index < -0.39 is 10.0 Å². The molecule has 1 aliphatic rings.